The van der Waals surface area contributed by atoms with Crippen molar-refractivity contribution in [3.63, 3.8) is 0 Å². The van der Waals surface area contributed by atoms with Crippen LogP contribution in [0.15, 0.2) is 24.3 Å². The second-order valence-corrected chi connectivity index (χ2v) is 3.37. The van der Waals surface area contributed by atoms with E-state index in [2.05, 4.69) is 24.3 Å². The van der Waals surface area contributed by atoms with Crippen LogP contribution in [0.1, 0.15) is 39.0 Å². The Hall–Kier alpha value is -0.731. The van der Waals surface area contributed by atoms with Crippen molar-refractivity contribution in [1.29, 1.82) is 0 Å². The number of Topliss-reactive ketones (excluding diaryl/α,β-unsaturated/α-hetero) is 1. The van der Waals surface area contributed by atoms with E-state index < -0.39 is 5.97 Å². The van der Waals surface area contributed by atoms with Crippen LogP contribution >= 0.6 is 0 Å². The Morgan fingerprint density at radius 2 is 1.31 bits per heavy atom. The van der Waals surface area contributed by atoms with Crippen molar-refractivity contribution in [2.75, 3.05) is 0 Å². The van der Waals surface area contributed by atoms with E-state index in [1.807, 2.05) is 0 Å². The molecule has 0 spiro atoms. The second kappa shape index (κ2) is 12.3. The molecule has 0 aromatic rings. The minimum absolute atomic E-state index is 0. The number of ketones is 1. The summed E-state index contributed by atoms with van der Waals surface area (Å²) in [6.07, 6.45) is 13.6. The summed E-state index contributed by atoms with van der Waals surface area (Å²) in [4.78, 5) is 19.5. The average molecular weight is 402 g/mol. The number of carbonyl (C=O) groups is 2. The molecule has 0 aromatic heterocycles. The summed E-state index contributed by atoms with van der Waals surface area (Å²) in [7, 11) is 0. The average Bonchev–Trinajstić information content (AvgIpc) is 1.99. The molecule has 0 fully saturated rings. The van der Waals surface area contributed by atoms with Gasteiger partial charge in [-0.3, -0.25) is 9.59 Å². The van der Waals surface area contributed by atoms with Gasteiger partial charge in [-0.2, -0.15) is 0 Å². The third kappa shape index (κ3) is 15.7. The van der Waals surface area contributed by atoms with E-state index in [4.69, 9.17) is 5.11 Å². The number of carbonyl (C=O) groups excluding carboxylic acids is 1. The van der Waals surface area contributed by atoms with Gasteiger partial charge in [-0.1, -0.05) is 24.3 Å². The van der Waals surface area contributed by atoms with Crippen LogP contribution in [0, 0.1) is 0 Å². The molecule has 0 bridgehead atoms. The van der Waals surface area contributed by atoms with Gasteiger partial charge in [0.15, 0.2) is 0 Å². The topological polar surface area (TPSA) is 54.4 Å². The molecule has 0 saturated carbocycles. The zero-order chi connectivity index (χ0) is 11.5. The van der Waals surface area contributed by atoms with Crippen LogP contribution in [-0.4, -0.2) is 16.9 Å². The van der Waals surface area contributed by atoms with Crippen molar-refractivity contribution in [2.45, 2.75) is 39.0 Å². The quantitative estimate of drug-likeness (QED) is 0.571. The van der Waals surface area contributed by atoms with Crippen molar-refractivity contribution >= 4 is 11.8 Å². The fourth-order valence-corrected chi connectivity index (χ4v) is 1.07. The number of aliphatic carboxylic acids is 1. The maximum atomic E-state index is 9.87. The molecule has 3 nitrogen and oxygen atoms in total. The minimum Gasteiger partial charge on any atom is -0.481 e. The zero-order valence-corrected chi connectivity index (χ0v) is 11.8. The Kier molecular flexibility index (Phi) is 13.6. The fourth-order valence-electron chi connectivity index (χ4n) is 1.07. The summed E-state index contributed by atoms with van der Waals surface area (Å²) in [6, 6.07) is 0. The Morgan fingerprint density at radius 3 is 1.44 bits per heavy atom. The first-order valence-corrected chi connectivity index (χ1v) is 5.14. The van der Waals surface area contributed by atoms with Gasteiger partial charge < -0.3 is 5.11 Å². The normalized spacial score (nSPS) is 13.6. The number of carboxylic acid groups (broad SMARTS) is 1. The minimum atomic E-state index is -1.06. The summed E-state index contributed by atoms with van der Waals surface area (Å²) < 4.78 is 0. The van der Waals surface area contributed by atoms with Gasteiger partial charge in [-0.15, -0.1) is 0 Å². The standard InChI is InChI=1S/C8H12.C4H6O3.Ir/c1-2-4-6-8-7-5-3-1;1-3(5)2-4(6)7;/h1-2,7-8H,3-6H2;2H2,1H3,(H,6,7);. The van der Waals surface area contributed by atoms with Crippen molar-refractivity contribution in [2.24, 2.45) is 0 Å². The number of allylic oxidation sites excluding steroid dienone is 4. The van der Waals surface area contributed by atoms with Gasteiger partial charge in [0.1, 0.15) is 12.2 Å². The summed E-state index contributed by atoms with van der Waals surface area (Å²) in [5.41, 5.74) is 0. The first kappa shape index (κ1) is 17.7. The predicted octanol–water partition coefficient (Wildman–Crippen LogP) is 2.72. The summed E-state index contributed by atoms with van der Waals surface area (Å²) in [5.74, 6) is -1.37. The molecular weight excluding hydrogens is 384 g/mol. The van der Waals surface area contributed by atoms with Crippen molar-refractivity contribution in [1.82, 2.24) is 0 Å². The molecule has 0 atom stereocenters. The summed E-state index contributed by atoms with van der Waals surface area (Å²) in [6.45, 7) is 1.24. The van der Waals surface area contributed by atoms with Gasteiger partial charge in [0, 0.05) is 20.1 Å². The van der Waals surface area contributed by atoms with E-state index in [-0.39, 0.29) is 32.3 Å². The number of rotatable bonds is 2. The molecule has 0 aromatic carbocycles. The molecule has 1 N–H and O–H groups in total. The van der Waals surface area contributed by atoms with Crippen LogP contribution < -0.4 is 0 Å². The molecule has 1 aliphatic rings. The largest absolute Gasteiger partial charge is 0.481 e. The fraction of sp³-hybridized carbons (Fsp3) is 0.500. The third-order valence-electron chi connectivity index (χ3n) is 1.73. The van der Waals surface area contributed by atoms with E-state index in [1.165, 1.54) is 32.6 Å². The van der Waals surface area contributed by atoms with E-state index in [0.717, 1.165) is 0 Å². The number of carboxylic acids is 1. The van der Waals surface area contributed by atoms with Crippen molar-refractivity contribution in [3.8, 4) is 0 Å². The van der Waals surface area contributed by atoms with Crippen LogP contribution in [0.2, 0.25) is 0 Å². The predicted molar refractivity (Wildman–Crippen MR) is 59.7 cm³/mol. The van der Waals surface area contributed by atoms with Gasteiger partial charge in [0.05, 0.1) is 0 Å². The third-order valence-corrected chi connectivity index (χ3v) is 1.73. The molecule has 93 valence electrons. The molecule has 0 saturated heterocycles. The van der Waals surface area contributed by atoms with Gasteiger partial charge in [0.2, 0.25) is 0 Å². The van der Waals surface area contributed by atoms with Crippen LogP contribution in [-0.2, 0) is 29.7 Å². The first-order valence-electron chi connectivity index (χ1n) is 5.14. The SMILES string of the molecule is C1=CCCC=CCC1.CC(=O)CC(=O)O.[Ir]. The second-order valence-electron chi connectivity index (χ2n) is 3.37. The van der Waals surface area contributed by atoms with E-state index >= 15 is 0 Å². The van der Waals surface area contributed by atoms with E-state index in [9.17, 15) is 9.59 Å². The molecule has 1 aliphatic carbocycles. The Morgan fingerprint density at radius 1 is 1.00 bits per heavy atom. The van der Waals surface area contributed by atoms with Gasteiger partial charge in [0.25, 0.3) is 0 Å². The molecule has 0 unspecified atom stereocenters. The zero-order valence-electron chi connectivity index (χ0n) is 9.44. The monoisotopic (exact) mass is 403 g/mol. The van der Waals surface area contributed by atoms with Gasteiger partial charge >= 0.3 is 5.97 Å². The van der Waals surface area contributed by atoms with Crippen LogP contribution in [0.25, 0.3) is 0 Å². The van der Waals surface area contributed by atoms with Crippen LogP contribution in [0.3, 0.4) is 0 Å². The Balaban J connectivity index is 0. The molecule has 0 amide bonds. The molecule has 4 heteroatoms. The van der Waals surface area contributed by atoms with Crippen LogP contribution in [0.5, 0.6) is 0 Å². The molecule has 16 heavy (non-hydrogen) atoms. The number of hydrogen-bond acceptors (Lipinski definition) is 2. The maximum absolute atomic E-state index is 9.87. The Labute approximate surface area is 110 Å². The van der Waals surface area contributed by atoms with Gasteiger partial charge in [-0.25, -0.2) is 0 Å². The summed E-state index contributed by atoms with van der Waals surface area (Å²) in [5, 5.41) is 7.86. The molecular formula is C12H18IrO3. The molecule has 1 radical (unpaired) electrons. The first-order chi connectivity index (χ1) is 7.13. The Bertz CT molecular complexity index is 219. The van der Waals surface area contributed by atoms with Gasteiger partial charge in [-0.05, 0) is 32.6 Å². The maximum Gasteiger partial charge on any atom is 0.310 e. The molecule has 0 aliphatic heterocycles. The van der Waals surface area contributed by atoms with E-state index in [1.54, 1.807) is 0 Å². The molecule has 1 rings (SSSR count). The number of hydrogen-bond donors (Lipinski definition) is 1. The van der Waals surface area contributed by atoms with Crippen molar-refractivity contribution in [3.05, 3.63) is 24.3 Å². The van der Waals surface area contributed by atoms with Crippen molar-refractivity contribution < 1.29 is 34.8 Å². The molecule has 0 heterocycles. The smallest absolute Gasteiger partial charge is 0.310 e. The van der Waals surface area contributed by atoms with E-state index in [0.29, 0.717) is 0 Å². The summed E-state index contributed by atoms with van der Waals surface area (Å²) >= 11 is 0. The van der Waals surface area contributed by atoms with Crippen LogP contribution in [0.4, 0.5) is 0 Å².